The molecule has 5 heteroatoms. The Bertz CT molecular complexity index is 550. The lowest BCUT2D eigenvalue weighted by Gasteiger charge is -2.15. The van der Waals surface area contributed by atoms with Crippen LogP contribution in [0, 0.1) is 17.8 Å². The van der Waals surface area contributed by atoms with Crippen molar-refractivity contribution in [3.8, 4) is 0 Å². The smallest absolute Gasteiger partial charge is 0.227 e. The van der Waals surface area contributed by atoms with E-state index in [1.807, 2.05) is 18.2 Å². The molecule has 1 aromatic carbocycles. The fourth-order valence-electron chi connectivity index (χ4n) is 2.99. The maximum absolute atomic E-state index is 12.2. The fraction of sp³-hybridized carbons (Fsp3) is 0.429. The SMILES string of the molecule is NC(=S)c1cc(Br)ccc1NC(=O)C1CC2CC2C1. The second-order valence-electron chi connectivity index (χ2n) is 5.47. The molecule has 1 aromatic rings. The largest absolute Gasteiger partial charge is 0.389 e. The van der Waals surface area contributed by atoms with Crippen molar-refractivity contribution in [1.29, 1.82) is 0 Å². The van der Waals surface area contributed by atoms with Crippen LogP contribution in [-0.4, -0.2) is 10.9 Å². The van der Waals surface area contributed by atoms with Gasteiger partial charge in [0.25, 0.3) is 0 Å². The van der Waals surface area contributed by atoms with E-state index >= 15 is 0 Å². The maximum Gasteiger partial charge on any atom is 0.227 e. The molecule has 0 aliphatic heterocycles. The van der Waals surface area contributed by atoms with Gasteiger partial charge in [0.1, 0.15) is 4.99 Å². The first-order valence-corrected chi connectivity index (χ1v) is 7.65. The number of nitrogens with one attached hydrogen (secondary N) is 1. The number of hydrogen-bond acceptors (Lipinski definition) is 2. The first-order valence-electron chi connectivity index (χ1n) is 6.45. The summed E-state index contributed by atoms with van der Waals surface area (Å²) in [5, 5.41) is 2.97. The third-order valence-corrected chi connectivity index (χ3v) is 4.83. The second-order valence-corrected chi connectivity index (χ2v) is 6.82. The molecule has 0 radical (unpaired) electrons. The van der Waals surface area contributed by atoms with E-state index in [1.165, 1.54) is 6.42 Å². The molecule has 3 rings (SSSR count). The van der Waals surface area contributed by atoms with E-state index in [-0.39, 0.29) is 11.8 Å². The normalized spacial score (nSPS) is 27.7. The van der Waals surface area contributed by atoms with Gasteiger partial charge in [-0.15, -0.1) is 0 Å². The van der Waals surface area contributed by atoms with E-state index in [1.54, 1.807) is 0 Å². The average molecular weight is 339 g/mol. The number of thiocarbonyl (C=S) groups is 1. The number of halogens is 1. The minimum Gasteiger partial charge on any atom is -0.389 e. The van der Waals surface area contributed by atoms with Gasteiger partial charge in [-0.1, -0.05) is 28.1 Å². The number of rotatable bonds is 3. The summed E-state index contributed by atoms with van der Waals surface area (Å²) in [6.45, 7) is 0. The van der Waals surface area contributed by atoms with E-state index in [9.17, 15) is 4.79 Å². The summed E-state index contributed by atoms with van der Waals surface area (Å²) in [5.41, 5.74) is 7.12. The number of fused-ring (bicyclic) bond motifs is 1. The van der Waals surface area contributed by atoms with E-state index in [0.717, 1.165) is 29.2 Å². The Balaban J connectivity index is 1.75. The molecule has 0 aromatic heterocycles. The van der Waals surface area contributed by atoms with Crippen molar-refractivity contribution < 1.29 is 4.79 Å². The van der Waals surface area contributed by atoms with Crippen LogP contribution in [0.5, 0.6) is 0 Å². The van der Waals surface area contributed by atoms with Crippen LogP contribution in [-0.2, 0) is 4.79 Å². The molecule has 3 N–H and O–H groups in total. The van der Waals surface area contributed by atoms with E-state index < -0.39 is 0 Å². The number of carbonyl (C=O) groups excluding carboxylic acids is 1. The van der Waals surface area contributed by atoms with Crippen LogP contribution < -0.4 is 11.1 Å². The van der Waals surface area contributed by atoms with Crippen molar-refractivity contribution in [3.63, 3.8) is 0 Å². The zero-order chi connectivity index (χ0) is 13.6. The molecule has 2 atom stereocenters. The molecule has 2 unspecified atom stereocenters. The molecule has 2 saturated carbocycles. The molecule has 3 nitrogen and oxygen atoms in total. The van der Waals surface area contributed by atoms with Crippen molar-refractivity contribution in [2.45, 2.75) is 19.3 Å². The summed E-state index contributed by atoms with van der Waals surface area (Å²) in [6, 6.07) is 5.56. The second kappa shape index (κ2) is 4.87. The molecule has 1 amide bonds. The average Bonchev–Trinajstić information content (AvgIpc) is 2.98. The molecule has 19 heavy (non-hydrogen) atoms. The van der Waals surface area contributed by atoms with Gasteiger partial charge in [-0.25, -0.2) is 0 Å². The third kappa shape index (κ3) is 2.67. The number of anilines is 1. The summed E-state index contributed by atoms with van der Waals surface area (Å²) < 4.78 is 0.899. The highest BCUT2D eigenvalue weighted by Crippen LogP contribution is 2.54. The molecule has 2 aliphatic rings. The van der Waals surface area contributed by atoms with Crippen LogP contribution in [0.4, 0.5) is 5.69 Å². The summed E-state index contributed by atoms with van der Waals surface area (Å²) in [6.07, 6.45) is 3.39. The highest BCUT2D eigenvalue weighted by molar-refractivity contribution is 9.10. The Morgan fingerprint density at radius 3 is 2.63 bits per heavy atom. The van der Waals surface area contributed by atoms with Crippen LogP contribution in [0.25, 0.3) is 0 Å². The molecule has 0 saturated heterocycles. The van der Waals surface area contributed by atoms with Crippen LogP contribution in [0.3, 0.4) is 0 Å². The molecule has 100 valence electrons. The first-order chi connectivity index (χ1) is 9.04. The van der Waals surface area contributed by atoms with Crippen molar-refractivity contribution in [3.05, 3.63) is 28.2 Å². The quantitative estimate of drug-likeness (QED) is 0.832. The Hall–Kier alpha value is -0.940. The number of nitrogens with two attached hydrogens (primary N) is 1. The molecule has 2 fully saturated rings. The lowest BCUT2D eigenvalue weighted by atomic mass is 10.0. The van der Waals surface area contributed by atoms with Gasteiger partial charge in [0.05, 0.1) is 5.69 Å². The standard InChI is InChI=1S/C14H15BrN2OS/c15-10-1-2-12(11(6-10)13(16)19)17-14(18)9-4-7-3-8(7)5-9/h1-2,6-9H,3-5H2,(H2,16,19)(H,17,18). The van der Waals surface area contributed by atoms with E-state index in [0.29, 0.717) is 16.2 Å². The molecular weight excluding hydrogens is 324 g/mol. The Kier molecular flexibility index (Phi) is 3.35. The lowest BCUT2D eigenvalue weighted by Crippen LogP contribution is -2.23. The molecule has 0 heterocycles. The summed E-state index contributed by atoms with van der Waals surface area (Å²) in [7, 11) is 0. The minimum absolute atomic E-state index is 0.104. The van der Waals surface area contributed by atoms with Gasteiger partial charge in [0.15, 0.2) is 0 Å². The summed E-state index contributed by atoms with van der Waals surface area (Å²) in [5.74, 6) is 1.87. The Morgan fingerprint density at radius 1 is 1.32 bits per heavy atom. The predicted octanol–water partition coefficient (Wildman–Crippen LogP) is 3.07. The monoisotopic (exact) mass is 338 g/mol. The van der Waals surface area contributed by atoms with Gasteiger partial charge in [-0.3, -0.25) is 4.79 Å². The van der Waals surface area contributed by atoms with Gasteiger partial charge in [-0.05, 0) is 49.3 Å². The highest BCUT2D eigenvalue weighted by Gasteiger charge is 2.48. The maximum atomic E-state index is 12.2. The van der Waals surface area contributed by atoms with Crippen molar-refractivity contribution in [2.75, 3.05) is 5.32 Å². The zero-order valence-corrected chi connectivity index (χ0v) is 12.8. The lowest BCUT2D eigenvalue weighted by molar-refractivity contribution is -0.120. The highest BCUT2D eigenvalue weighted by atomic mass is 79.9. The third-order valence-electron chi connectivity index (χ3n) is 4.12. The van der Waals surface area contributed by atoms with Gasteiger partial charge in [-0.2, -0.15) is 0 Å². The van der Waals surface area contributed by atoms with E-state index in [2.05, 4.69) is 21.2 Å². The molecular formula is C14H15BrN2OS. The van der Waals surface area contributed by atoms with Crippen LogP contribution in [0.1, 0.15) is 24.8 Å². The van der Waals surface area contributed by atoms with Crippen molar-refractivity contribution in [2.24, 2.45) is 23.5 Å². The van der Waals surface area contributed by atoms with Crippen LogP contribution in [0.15, 0.2) is 22.7 Å². The topological polar surface area (TPSA) is 55.1 Å². The van der Waals surface area contributed by atoms with Gasteiger partial charge < -0.3 is 11.1 Å². The predicted molar refractivity (Wildman–Crippen MR) is 83.0 cm³/mol. The number of benzene rings is 1. The fourth-order valence-corrected chi connectivity index (χ4v) is 3.52. The number of carbonyl (C=O) groups is 1. The molecule has 0 bridgehead atoms. The minimum atomic E-state index is 0.104. The van der Waals surface area contributed by atoms with Gasteiger partial charge in [0.2, 0.25) is 5.91 Å². The first kappa shape index (κ1) is 13.1. The summed E-state index contributed by atoms with van der Waals surface area (Å²) >= 11 is 8.41. The number of hydrogen-bond donors (Lipinski definition) is 2. The number of amides is 1. The van der Waals surface area contributed by atoms with Gasteiger partial charge >= 0.3 is 0 Å². The van der Waals surface area contributed by atoms with Crippen molar-refractivity contribution in [1.82, 2.24) is 0 Å². The molecule has 0 spiro atoms. The van der Waals surface area contributed by atoms with E-state index in [4.69, 9.17) is 18.0 Å². The van der Waals surface area contributed by atoms with Crippen LogP contribution >= 0.6 is 28.1 Å². The molecule has 2 aliphatic carbocycles. The summed E-state index contributed by atoms with van der Waals surface area (Å²) in [4.78, 5) is 12.5. The zero-order valence-electron chi connectivity index (χ0n) is 10.4. The van der Waals surface area contributed by atoms with Crippen LogP contribution in [0.2, 0.25) is 0 Å². The van der Waals surface area contributed by atoms with Crippen molar-refractivity contribution >= 4 is 44.7 Å². The Labute approximate surface area is 126 Å². The Morgan fingerprint density at radius 2 is 2.00 bits per heavy atom. The van der Waals surface area contributed by atoms with Gasteiger partial charge in [0, 0.05) is 16.0 Å².